The van der Waals surface area contributed by atoms with Crippen LogP contribution in [0, 0.1) is 5.92 Å². The lowest BCUT2D eigenvalue weighted by molar-refractivity contribution is -0.137. The lowest BCUT2D eigenvalue weighted by atomic mass is 10.1. The number of hydrogen-bond acceptors (Lipinski definition) is 4. The predicted octanol–water partition coefficient (Wildman–Crippen LogP) is 2.61. The van der Waals surface area contributed by atoms with Crippen molar-refractivity contribution >= 4 is 29.1 Å². The third-order valence-electron chi connectivity index (χ3n) is 2.94. The maximum atomic E-state index is 10.9. The number of aliphatic carboxylic acids is 1. The summed E-state index contributed by atoms with van der Waals surface area (Å²) in [7, 11) is 0. The lowest BCUT2D eigenvalue weighted by Crippen LogP contribution is -2.28. The molecule has 1 aliphatic heterocycles. The van der Waals surface area contributed by atoms with Crippen LogP contribution in [-0.4, -0.2) is 29.1 Å². The van der Waals surface area contributed by atoms with Crippen molar-refractivity contribution in [3.63, 3.8) is 0 Å². The third kappa shape index (κ3) is 4.01. The average Bonchev–Trinajstić information content (AvgIpc) is 2.96. The van der Waals surface area contributed by atoms with Crippen LogP contribution in [0.3, 0.4) is 0 Å². The monoisotopic (exact) mass is 271 g/mol. The molecule has 0 amide bonds. The van der Waals surface area contributed by atoms with Gasteiger partial charge in [0.1, 0.15) is 0 Å². The van der Waals surface area contributed by atoms with Crippen molar-refractivity contribution in [1.82, 2.24) is 5.32 Å². The van der Waals surface area contributed by atoms with E-state index in [9.17, 15) is 4.79 Å². The summed E-state index contributed by atoms with van der Waals surface area (Å²) in [5, 5.41) is 14.3. The molecule has 5 heteroatoms. The normalized spacial score (nSPS) is 21.5. The van der Waals surface area contributed by atoms with Crippen molar-refractivity contribution in [3.8, 4) is 0 Å². The van der Waals surface area contributed by atoms with E-state index in [2.05, 4.69) is 5.32 Å². The van der Waals surface area contributed by atoms with Crippen molar-refractivity contribution in [2.24, 2.45) is 5.92 Å². The van der Waals surface area contributed by atoms with E-state index < -0.39 is 5.97 Å². The molecule has 0 bridgehead atoms. The van der Waals surface area contributed by atoms with Gasteiger partial charge in [-0.3, -0.25) is 4.79 Å². The maximum Gasteiger partial charge on any atom is 0.305 e. The Kier molecular flexibility index (Phi) is 4.88. The van der Waals surface area contributed by atoms with E-state index in [4.69, 9.17) is 5.11 Å². The second kappa shape index (κ2) is 6.42. The van der Waals surface area contributed by atoms with Crippen molar-refractivity contribution in [2.75, 3.05) is 18.1 Å². The number of hydrogen-bond donors (Lipinski definition) is 2. The Morgan fingerprint density at radius 3 is 3.12 bits per heavy atom. The van der Waals surface area contributed by atoms with Crippen LogP contribution in [0.1, 0.15) is 23.8 Å². The van der Waals surface area contributed by atoms with Gasteiger partial charge in [-0.05, 0) is 41.8 Å². The molecule has 2 heterocycles. The Hall–Kier alpha value is -0.520. The number of carboxylic acid groups (broad SMARTS) is 1. The number of rotatable bonds is 6. The highest BCUT2D eigenvalue weighted by atomic mass is 32.2. The molecule has 1 aliphatic rings. The van der Waals surface area contributed by atoms with Crippen LogP contribution >= 0.6 is 23.1 Å². The molecule has 1 fully saturated rings. The largest absolute Gasteiger partial charge is 0.481 e. The summed E-state index contributed by atoms with van der Waals surface area (Å²) in [5.41, 5.74) is 0. The molecule has 0 radical (unpaired) electrons. The molecule has 2 N–H and O–H groups in total. The Bertz CT molecular complexity index is 347. The predicted molar refractivity (Wildman–Crippen MR) is 72.7 cm³/mol. The van der Waals surface area contributed by atoms with Crippen LogP contribution in [0.5, 0.6) is 0 Å². The van der Waals surface area contributed by atoms with Crippen LogP contribution in [0.4, 0.5) is 0 Å². The quantitative estimate of drug-likeness (QED) is 0.835. The summed E-state index contributed by atoms with van der Waals surface area (Å²) in [6.45, 7) is 0.933. The van der Waals surface area contributed by atoms with E-state index in [1.807, 2.05) is 29.3 Å². The van der Waals surface area contributed by atoms with Gasteiger partial charge in [0.15, 0.2) is 0 Å². The van der Waals surface area contributed by atoms with Gasteiger partial charge < -0.3 is 10.4 Å². The summed E-state index contributed by atoms with van der Waals surface area (Å²) in [6.07, 6.45) is 1.42. The summed E-state index contributed by atoms with van der Waals surface area (Å²) in [4.78, 5) is 12.0. The molecule has 0 spiro atoms. The summed E-state index contributed by atoms with van der Waals surface area (Å²) >= 11 is 3.62. The van der Waals surface area contributed by atoms with E-state index in [-0.39, 0.29) is 12.5 Å². The van der Waals surface area contributed by atoms with Crippen LogP contribution in [0.25, 0.3) is 0 Å². The highest BCUT2D eigenvalue weighted by molar-refractivity contribution is 7.99. The highest BCUT2D eigenvalue weighted by Crippen LogP contribution is 2.26. The first-order chi connectivity index (χ1) is 8.25. The summed E-state index contributed by atoms with van der Waals surface area (Å²) in [5.74, 6) is 2.42. The average molecular weight is 271 g/mol. The molecule has 2 atom stereocenters. The molecular weight excluding hydrogens is 254 g/mol. The number of carboxylic acids is 1. The van der Waals surface area contributed by atoms with Gasteiger partial charge in [0, 0.05) is 4.88 Å². The topological polar surface area (TPSA) is 49.3 Å². The highest BCUT2D eigenvalue weighted by Gasteiger charge is 2.20. The maximum absolute atomic E-state index is 10.9. The van der Waals surface area contributed by atoms with Gasteiger partial charge in [-0.15, -0.1) is 11.3 Å². The minimum Gasteiger partial charge on any atom is -0.481 e. The second-order valence-electron chi connectivity index (χ2n) is 4.30. The SMILES string of the molecule is O=C(O)CC(NCC1CCSC1)c1cccs1. The number of nitrogens with one attached hydrogen (secondary N) is 1. The lowest BCUT2D eigenvalue weighted by Gasteiger charge is -2.18. The van der Waals surface area contributed by atoms with Crippen LogP contribution in [0.2, 0.25) is 0 Å². The molecule has 0 aromatic carbocycles. The molecule has 3 nitrogen and oxygen atoms in total. The first-order valence-corrected chi connectivity index (χ1v) is 7.85. The number of thiophene rings is 1. The van der Waals surface area contributed by atoms with E-state index in [0.717, 1.165) is 11.4 Å². The molecule has 0 saturated carbocycles. The van der Waals surface area contributed by atoms with Crippen LogP contribution in [-0.2, 0) is 4.79 Å². The minimum absolute atomic E-state index is 0.0295. The summed E-state index contributed by atoms with van der Waals surface area (Å²) in [6, 6.07) is 3.95. The van der Waals surface area contributed by atoms with E-state index in [0.29, 0.717) is 5.92 Å². The molecule has 94 valence electrons. The standard InChI is InChI=1S/C12H17NO2S2/c14-12(15)6-10(11-2-1-4-17-11)13-7-9-3-5-16-8-9/h1-2,4,9-10,13H,3,5-8H2,(H,14,15). The molecule has 0 aliphatic carbocycles. The minimum atomic E-state index is -0.739. The van der Waals surface area contributed by atoms with Crippen LogP contribution in [0.15, 0.2) is 17.5 Å². The molecule has 1 aromatic heterocycles. The van der Waals surface area contributed by atoms with Gasteiger partial charge in [0.25, 0.3) is 0 Å². The molecule has 1 aromatic rings. The second-order valence-corrected chi connectivity index (χ2v) is 6.43. The number of thioether (sulfide) groups is 1. The third-order valence-corrected chi connectivity index (χ3v) is 5.16. The first kappa shape index (κ1) is 12.9. The van der Waals surface area contributed by atoms with Gasteiger partial charge in [-0.1, -0.05) is 6.07 Å². The van der Waals surface area contributed by atoms with E-state index in [1.54, 1.807) is 11.3 Å². The molecule has 2 unspecified atom stereocenters. The molecule has 2 rings (SSSR count). The first-order valence-electron chi connectivity index (χ1n) is 5.82. The van der Waals surface area contributed by atoms with E-state index in [1.165, 1.54) is 17.9 Å². The summed E-state index contributed by atoms with van der Waals surface area (Å²) < 4.78 is 0. The Labute approximate surface area is 110 Å². The van der Waals surface area contributed by atoms with Gasteiger partial charge in [-0.25, -0.2) is 0 Å². The molecule has 1 saturated heterocycles. The zero-order chi connectivity index (χ0) is 12.1. The van der Waals surface area contributed by atoms with Gasteiger partial charge in [0.05, 0.1) is 12.5 Å². The molecule has 17 heavy (non-hydrogen) atoms. The fourth-order valence-corrected chi connectivity index (χ4v) is 4.08. The van der Waals surface area contributed by atoms with E-state index >= 15 is 0 Å². The van der Waals surface area contributed by atoms with Crippen molar-refractivity contribution in [3.05, 3.63) is 22.4 Å². The van der Waals surface area contributed by atoms with Gasteiger partial charge >= 0.3 is 5.97 Å². The fourth-order valence-electron chi connectivity index (χ4n) is 1.99. The Balaban J connectivity index is 1.88. The van der Waals surface area contributed by atoms with Crippen LogP contribution < -0.4 is 5.32 Å². The van der Waals surface area contributed by atoms with Crippen molar-refractivity contribution < 1.29 is 9.90 Å². The Morgan fingerprint density at radius 2 is 2.53 bits per heavy atom. The van der Waals surface area contributed by atoms with Crippen molar-refractivity contribution in [2.45, 2.75) is 18.9 Å². The Morgan fingerprint density at radius 1 is 1.65 bits per heavy atom. The fraction of sp³-hybridized carbons (Fsp3) is 0.583. The zero-order valence-electron chi connectivity index (χ0n) is 9.59. The number of carbonyl (C=O) groups is 1. The van der Waals surface area contributed by atoms with Crippen molar-refractivity contribution in [1.29, 1.82) is 0 Å². The molecular formula is C12H17NO2S2. The zero-order valence-corrected chi connectivity index (χ0v) is 11.2. The van der Waals surface area contributed by atoms with Gasteiger partial charge in [0.2, 0.25) is 0 Å². The van der Waals surface area contributed by atoms with Gasteiger partial charge in [-0.2, -0.15) is 11.8 Å². The smallest absolute Gasteiger partial charge is 0.305 e.